The summed E-state index contributed by atoms with van der Waals surface area (Å²) in [6.07, 6.45) is 2.87. The van der Waals surface area contributed by atoms with Gasteiger partial charge in [-0.15, -0.1) is 0 Å². The molecule has 0 aliphatic carbocycles. The molecule has 1 aromatic rings. The highest BCUT2D eigenvalue weighted by molar-refractivity contribution is 7.07. The van der Waals surface area contributed by atoms with E-state index in [1.165, 1.54) is 0 Å². The maximum absolute atomic E-state index is 12.5. The number of hydrogen-bond donors (Lipinski definition) is 0. The van der Waals surface area contributed by atoms with E-state index in [1.807, 2.05) is 5.38 Å². The van der Waals surface area contributed by atoms with Crippen molar-refractivity contribution >= 4 is 17.2 Å². The van der Waals surface area contributed by atoms with Crippen molar-refractivity contribution in [2.75, 3.05) is 40.3 Å². The number of likely N-dealkylation sites (N-methyl/N-ethyl adjacent to an activating group) is 1. The van der Waals surface area contributed by atoms with Gasteiger partial charge in [-0.05, 0) is 49.3 Å². The zero-order chi connectivity index (χ0) is 14.8. The van der Waals surface area contributed by atoms with Crippen LogP contribution in [0.4, 0.5) is 0 Å². The van der Waals surface area contributed by atoms with Crippen LogP contribution in [0.25, 0.3) is 0 Å². The lowest BCUT2D eigenvalue weighted by atomic mass is 10.1. The average Bonchev–Trinajstić information content (AvgIpc) is 3.13. The van der Waals surface area contributed by atoms with Gasteiger partial charge in [0.2, 0.25) is 5.91 Å². The van der Waals surface area contributed by atoms with Crippen molar-refractivity contribution in [3.63, 3.8) is 0 Å². The quantitative estimate of drug-likeness (QED) is 0.825. The minimum absolute atomic E-state index is 0.315. The van der Waals surface area contributed by atoms with Crippen LogP contribution in [0.2, 0.25) is 0 Å². The van der Waals surface area contributed by atoms with Gasteiger partial charge >= 0.3 is 0 Å². The summed E-state index contributed by atoms with van der Waals surface area (Å²) in [4.78, 5) is 19.5. The molecular weight excluding hydrogens is 282 g/mol. The number of likely N-dealkylation sites (tertiary alicyclic amines) is 2. The van der Waals surface area contributed by atoms with Gasteiger partial charge in [0, 0.05) is 38.3 Å². The lowest BCUT2D eigenvalue weighted by Crippen LogP contribution is -2.41. The Morgan fingerprint density at radius 1 is 1.33 bits per heavy atom. The standard InChI is InChI=1S/C16H25N3OS/c1-17(2)8-9-18-6-3-15-14(18)4-7-19(15)16(20)11-13-5-10-21-12-13/h5,10,12,14-15H,3-4,6-9,11H2,1-2H3/t14-,15-/m0/s1. The van der Waals surface area contributed by atoms with E-state index in [1.54, 1.807) is 11.3 Å². The summed E-state index contributed by atoms with van der Waals surface area (Å²) in [7, 11) is 4.25. The third-order valence-corrected chi connectivity index (χ3v) is 5.51. The van der Waals surface area contributed by atoms with Gasteiger partial charge < -0.3 is 9.80 Å². The Morgan fingerprint density at radius 3 is 2.86 bits per heavy atom. The minimum Gasteiger partial charge on any atom is -0.338 e. The molecule has 116 valence electrons. The molecule has 1 amide bonds. The van der Waals surface area contributed by atoms with E-state index in [9.17, 15) is 4.79 Å². The van der Waals surface area contributed by atoms with Crippen LogP contribution in [-0.2, 0) is 11.2 Å². The monoisotopic (exact) mass is 307 g/mol. The molecule has 0 unspecified atom stereocenters. The zero-order valence-corrected chi connectivity index (χ0v) is 13.8. The van der Waals surface area contributed by atoms with Crippen molar-refractivity contribution < 1.29 is 4.79 Å². The second-order valence-corrected chi connectivity index (χ2v) is 7.23. The van der Waals surface area contributed by atoms with E-state index in [0.29, 0.717) is 24.4 Å². The van der Waals surface area contributed by atoms with Gasteiger partial charge in [0.25, 0.3) is 0 Å². The van der Waals surface area contributed by atoms with Crippen LogP contribution in [0.5, 0.6) is 0 Å². The summed E-state index contributed by atoms with van der Waals surface area (Å²) in [6.45, 7) is 4.31. The van der Waals surface area contributed by atoms with Crippen molar-refractivity contribution in [1.29, 1.82) is 0 Å². The Labute approximate surface area is 131 Å². The molecule has 4 nitrogen and oxygen atoms in total. The van der Waals surface area contributed by atoms with Gasteiger partial charge in [-0.1, -0.05) is 0 Å². The maximum atomic E-state index is 12.5. The Morgan fingerprint density at radius 2 is 2.14 bits per heavy atom. The van der Waals surface area contributed by atoms with Crippen molar-refractivity contribution in [3.05, 3.63) is 22.4 Å². The molecule has 2 saturated heterocycles. The van der Waals surface area contributed by atoms with E-state index in [4.69, 9.17) is 0 Å². The topological polar surface area (TPSA) is 26.8 Å². The SMILES string of the molecule is CN(C)CCN1CC[C@H]2[C@@H]1CCN2C(=O)Cc1ccsc1. The molecule has 2 atom stereocenters. The number of carbonyl (C=O) groups excluding carboxylic acids is 1. The van der Waals surface area contributed by atoms with Crippen LogP contribution in [0, 0.1) is 0 Å². The second-order valence-electron chi connectivity index (χ2n) is 6.45. The Kier molecular flexibility index (Phi) is 4.62. The Bertz CT molecular complexity index is 474. The smallest absolute Gasteiger partial charge is 0.227 e. The molecule has 1 aromatic heterocycles. The lowest BCUT2D eigenvalue weighted by Gasteiger charge is -2.26. The first-order chi connectivity index (χ1) is 10.1. The van der Waals surface area contributed by atoms with E-state index >= 15 is 0 Å². The zero-order valence-electron chi connectivity index (χ0n) is 13.0. The average molecular weight is 307 g/mol. The molecule has 21 heavy (non-hydrogen) atoms. The van der Waals surface area contributed by atoms with Crippen LogP contribution in [0.15, 0.2) is 16.8 Å². The van der Waals surface area contributed by atoms with Crippen LogP contribution < -0.4 is 0 Å². The first-order valence-electron chi connectivity index (χ1n) is 7.84. The number of fused-ring (bicyclic) bond motifs is 1. The Hall–Kier alpha value is -0.910. The molecule has 0 saturated carbocycles. The van der Waals surface area contributed by atoms with Gasteiger partial charge in [-0.25, -0.2) is 0 Å². The maximum Gasteiger partial charge on any atom is 0.227 e. The molecular formula is C16H25N3OS. The summed E-state index contributed by atoms with van der Waals surface area (Å²) in [5.41, 5.74) is 1.16. The number of amides is 1. The first kappa shape index (κ1) is 15.0. The van der Waals surface area contributed by atoms with E-state index in [0.717, 1.165) is 44.6 Å². The molecule has 0 spiro atoms. The molecule has 0 N–H and O–H groups in total. The normalized spacial score (nSPS) is 25.8. The summed E-state index contributed by atoms with van der Waals surface area (Å²) in [5.74, 6) is 0.315. The Balaban J connectivity index is 1.57. The number of rotatable bonds is 5. The molecule has 2 aliphatic heterocycles. The van der Waals surface area contributed by atoms with Gasteiger partial charge in [-0.3, -0.25) is 9.69 Å². The number of carbonyl (C=O) groups is 1. The van der Waals surface area contributed by atoms with E-state index in [-0.39, 0.29) is 0 Å². The largest absolute Gasteiger partial charge is 0.338 e. The minimum atomic E-state index is 0.315. The van der Waals surface area contributed by atoms with E-state index < -0.39 is 0 Å². The van der Waals surface area contributed by atoms with Crippen LogP contribution in [-0.4, -0.2) is 73.0 Å². The van der Waals surface area contributed by atoms with Gasteiger partial charge in [0.05, 0.1) is 6.42 Å². The van der Waals surface area contributed by atoms with Gasteiger partial charge in [-0.2, -0.15) is 11.3 Å². The second kappa shape index (κ2) is 6.46. The third-order valence-electron chi connectivity index (χ3n) is 4.78. The number of hydrogen-bond acceptors (Lipinski definition) is 4. The molecule has 2 aliphatic rings. The molecule has 0 aromatic carbocycles. The fourth-order valence-electron chi connectivity index (χ4n) is 3.66. The molecule has 5 heteroatoms. The van der Waals surface area contributed by atoms with Crippen molar-refractivity contribution in [2.24, 2.45) is 0 Å². The number of thiophene rings is 1. The molecule has 2 fully saturated rings. The van der Waals surface area contributed by atoms with E-state index in [2.05, 4.69) is 40.2 Å². The van der Waals surface area contributed by atoms with Gasteiger partial charge in [0.1, 0.15) is 0 Å². The highest BCUT2D eigenvalue weighted by Gasteiger charge is 2.43. The van der Waals surface area contributed by atoms with Gasteiger partial charge in [0.15, 0.2) is 0 Å². The predicted molar refractivity (Wildman–Crippen MR) is 86.7 cm³/mol. The fraction of sp³-hybridized carbons (Fsp3) is 0.688. The predicted octanol–water partition coefficient (Wildman–Crippen LogP) is 1.53. The number of nitrogens with zero attached hydrogens (tertiary/aromatic N) is 3. The highest BCUT2D eigenvalue weighted by atomic mass is 32.1. The van der Waals surface area contributed by atoms with Crippen LogP contribution >= 0.6 is 11.3 Å². The third kappa shape index (κ3) is 3.30. The summed E-state index contributed by atoms with van der Waals surface area (Å²) >= 11 is 1.67. The molecule has 0 radical (unpaired) electrons. The summed E-state index contributed by atoms with van der Waals surface area (Å²) < 4.78 is 0. The van der Waals surface area contributed by atoms with Crippen LogP contribution in [0.1, 0.15) is 18.4 Å². The molecule has 3 rings (SSSR count). The van der Waals surface area contributed by atoms with Crippen molar-refractivity contribution in [1.82, 2.24) is 14.7 Å². The van der Waals surface area contributed by atoms with Crippen molar-refractivity contribution in [3.8, 4) is 0 Å². The molecule has 3 heterocycles. The van der Waals surface area contributed by atoms with Crippen molar-refractivity contribution in [2.45, 2.75) is 31.3 Å². The van der Waals surface area contributed by atoms with Crippen LogP contribution in [0.3, 0.4) is 0 Å². The fourth-order valence-corrected chi connectivity index (χ4v) is 4.33. The first-order valence-corrected chi connectivity index (χ1v) is 8.79. The molecule has 0 bridgehead atoms. The lowest BCUT2D eigenvalue weighted by molar-refractivity contribution is -0.131. The summed E-state index contributed by atoms with van der Waals surface area (Å²) in [6, 6.07) is 3.11. The summed E-state index contributed by atoms with van der Waals surface area (Å²) in [5, 5.41) is 4.14. The highest BCUT2D eigenvalue weighted by Crippen LogP contribution is 2.31.